The lowest BCUT2D eigenvalue weighted by atomic mass is 9.86. The quantitative estimate of drug-likeness (QED) is 0.865. The number of aliphatic hydroxyl groups is 1. The van der Waals surface area contributed by atoms with Gasteiger partial charge in [0.15, 0.2) is 0 Å². The van der Waals surface area contributed by atoms with E-state index in [9.17, 15) is 5.11 Å². The number of likely N-dealkylation sites (N-methyl/N-ethyl adjacent to an activating group) is 1. The molecule has 3 atom stereocenters. The first-order chi connectivity index (χ1) is 9.63. The van der Waals surface area contributed by atoms with Gasteiger partial charge in [0, 0.05) is 12.6 Å². The van der Waals surface area contributed by atoms with Gasteiger partial charge < -0.3 is 10.4 Å². The molecule has 1 aromatic carbocycles. The summed E-state index contributed by atoms with van der Waals surface area (Å²) in [5, 5.41) is 13.4. The molecular weight excluding hydrogens is 248 g/mol. The molecule has 3 heteroatoms. The van der Waals surface area contributed by atoms with E-state index in [0.717, 1.165) is 24.6 Å². The standard InChI is InChI=1S/C17H28N2O/c1-14-8-7-11-19(15(14)2)12-17(13-20,18-3)16-9-5-4-6-10-16/h4-6,9-10,14-15,18,20H,7-8,11-13H2,1-3H3. The molecule has 2 rings (SSSR count). The third-order valence-corrected chi connectivity index (χ3v) is 5.05. The Bertz CT molecular complexity index is 403. The van der Waals surface area contributed by atoms with Crippen molar-refractivity contribution in [1.29, 1.82) is 0 Å². The van der Waals surface area contributed by atoms with Crippen molar-refractivity contribution in [3.8, 4) is 0 Å². The molecule has 1 aromatic rings. The van der Waals surface area contributed by atoms with Gasteiger partial charge in [0.1, 0.15) is 0 Å². The van der Waals surface area contributed by atoms with E-state index in [1.807, 2.05) is 25.2 Å². The van der Waals surface area contributed by atoms with E-state index in [1.54, 1.807) is 0 Å². The highest BCUT2D eigenvalue weighted by Gasteiger charge is 2.35. The van der Waals surface area contributed by atoms with E-state index in [2.05, 4.69) is 36.2 Å². The molecule has 0 aromatic heterocycles. The fourth-order valence-electron chi connectivity index (χ4n) is 3.28. The predicted molar refractivity (Wildman–Crippen MR) is 83.7 cm³/mol. The van der Waals surface area contributed by atoms with Crippen molar-refractivity contribution < 1.29 is 5.11 Å². The maximum atomic E-state index is 10.0. The fraction of sp³-hybridized carbons (Fsp3) is 0.647. The molecular formula is C17H28N2O. The molecule has 0 amide bonds. The first kappa shape index (κ1) is 15.5. The number of nitrogens with zero attached hydrogens (tertiary/aromatic N) is 1. The van der Waals surface area contributed by atoms with Crippen LogP contribution < -0.4 is 5.32 Å². The Hall–Kier alpha value is -0.900. The lowest BCUT2D eigenvalue weighted by Crippen LogP contribution is -2.56. The normalized spacial score (nSPS) is 27.2. The van der Waals surface area contributed by atoms with E-state index in [0.29, 0.717) is 6.04 Å². The number of hydrogen-bond donors (Lipinski definition) is 2. The van der Waals surface area contributed by atoms with Crippen molar-refractivity contribution >= 4 is 0 Å². The summed E-state index contributed by atoms with van der Waals surface area (Å²) in [6.45, 7) is 6.74. The minimum Gasteiger partial charge on any atom is -0.394 e. The average Bonchev–Trinajstić information content (AvgIpc) is 2.50. The SMILES string of the molecule is CNC(CO)(CN1CCCC(C)C1C)c1ccccc1. The highest BCUT2D eigenvalue weighted by molar-refractivity contribution is 5.25. The van der Waals surface area contributed by atoms with Crippen molar-refractivity contribution in [3.05, 3.63) is 35.9 Å². The molecule has 0 spiro atoms. The second kappa shape index (κ2) is 6.70. The van der Waals surface area contributed by atoms with Crippen LogP contribution in [0.1, 0.15) is 32.3 Å². The largest absolute Gasteiger partial charge is 0.394 e. The van der Waals surface area contributed by atoms with E-state index in [4.69, 9.17) is 0 Å². The van der Waals surface area contributed by atoms with Crippen LogP contribution in [0.2, 0.25) is 0 Å². The predicted octanol–water partition coefficient (Wildman–Crippen LogP) is 2.21. The Labute approximate surface area is 123 Å². The van der Waals surface area contributed by atoms with Crippen molar-refractivity contribution in [2.24, 2.45) is 5.92 Å². The summed E-state index contributed by atoms with van der Waals surface area (Å²) < 4.78 is 0. The van der Waals surface area contributed by atoms with Crippen LogP contribution in [0.15, 0.2) is 30.3 Å². The number of aliphatic hydroxyl groups excluding tert-OH is 1. The minimum absolute atomic E-state index is 0.116. The summed E-state index contributed by atoms with van der Waals surface area (Å²) in [4.78, 5) is 2.52. The monoisotopic (exact) mass is 276 g/mol. The van der Waals surface area contributed by atoms with Gasteiger partial charge in [0.05, 0.1) is 12.1 Å². The zero-order valence-electron chi connectivity index (χ0n) is 13.0. The lowest BCUT2D eigenvalue weighted by molar-refractivity contribution is 0.0522. The maximum Gasteiger partial charge on any atom is 0.0795 e. The van der Waals surface area contributed by atoms with Crippen LogP contribution in [0.5, 0.6) is 0 Å². The molecule has 1 heterocycles. The highest BCUT2D eigenvalue weighted by atomic mass is 16.3. The van der Waals surface area contributed by atoms with Crippen LogP contribution in [0.25, 0.3) is 0 Å². The Balaban J connectivity index is 2.21. The van der Waals surface area contributed by atoms with Crippen LogP contribution in [0.4, 0.5) is 0 Å². The number of rotatable bonds is 5. The van der Waals surface area contributed by atoms with Crippen LogP contribution in [-0.4, -0.2) is 42.8 Å². The minimum atomic E-state index is -0.368. The average molecular weight is 276 g/mol. The Morgan fingerprint density at radius 1 is 1.30 bits per heavy atom. The van der Waals surface area contributed by atoms with Crippen molar-refractivity contribution in [1.82, 2.24) is 10.2 Å². The molecule has 3 nitrogen and oxygen atoms in total. The summed E-state index contributed by atoms with van der Waals surface area (Å²) in [5.74, 6) is 0.729. The van der Waals surface area contributed by atoms with Gasteiger partial charge in [-0.05, 0) is 44.8 Å². The molecule has 1 aliphatic rings. The van der Waals surface area contributed by atoms with Crippen molar-refractivity contribution in [3.63, 3.8) is 0 Å². The number of piperidine rings is 1. The van der Waals surface area contributed by atoms with Gasteiger partial charge >= 0.3 is 0 Å². The molecule has 1 saturated heterocycles. The zero-order valence-corrected chi connectivity index (χ0v) is 13.0. The molecule has 0 aliphatic carbocycles. The van der Waals surface area contributed by atoms with Crippen molar-refractivity contribution in [2.75, 3.05) is 26.7 Å². The van der Waals surface area contributed by atoms with Gasteiger partial charge in [0.25, 0.3) is 0 Å². The molecule has 20 heavy (non-hydrogen) atoms. The Morgan fingerprint density at radius 2 is 2.00 bits per heavy atom. The number of nitrogens with one attached hydrogen (secondary N) is 1. The first-order valence-corrected chi connectivity index (χ1v) is 7.72. The molecule has 0 radical (unpaired) electrons. The van der Waals surface area contributed by atoms with Crippen LogP contribution in [0.3, 0.4) is 0 Å². The van der Waals surface area contributed by atoms with Gasteiger partial charge in [-0.25, -0.2) is 0 Å². The molecule has 0 bridgehead atoms. The van der Waals surface area contributed by atoms with Gasteiger partial charge in [-0.15, -0.1) is 0 Å². The van der Waals surface area contributed by atoms with Crippen LogP contribution in [-0.2, 0) is 5.54 Å². The molecule has 2 N–H and O–H groups in total. The number of benzene rings is 1. The second-order valence-corrected chi connectivity index (χ2v) is 6.19. The molecule has 3 unspecified atom stereocenters. The molecule has 1 aliphatic heterocycles. The number of hydrogen-bond acceptors (Lipinski definition) is 3. The fourth-order valence-corrected chi connectivity index (χ4v) is 3.28. The van der Waals surface area contributed by atoms with Gasteiger partial charge in [-0.2, -0.15) is 0 Å². The van der Waals surface area contributed by atoms with E-state index in [1.165, 1.54) is 12.8 Å². The van der Waals surface area contributed by atoms with E-state index in [-0.39, 0.29) is 12.1 Å². The third-order valence-electron chi connectivity index (χ3n) is 5.05. The summed E-state index contributed by atoms with van der Waals surface area (Å²) in [7, 11) is 1.95. The second-order valence-electron chi connectivity index (χ2n) is 6.19. The third kappa shape index (κ3) is 3.05. The first-order valence-electron chi connectivity index (χ1n) is 7.72. The van der Waals surface area contributed by atoms with Crippen LogP contribution in [0, 0.1) is 5.92 Å². The van der Waals surface area contributed by atoms with Gasteiger partial charge in [-0.1, -0.05) is 37.3 Å². The van der Waals surface area contributed by atoms with Gasteiger partial charge in [0.2, 0.25) is 0 Å². The van der Waals surface area contributed by atoms with Gasteiger partial charge in [-0.3, -0.25) is 4.90 Å². The summed E-state index contributed by atoms with van der Waals surface area (Å²) in [6.07, 6.45) is 2.57. The zero-order chi connectivity index (χ0) is 14.6. The Kier molecular flexibility index (Phi) is 5.19. The van der Waals surface area contributed by atoms with Crippen LogP contribution >= 0.6 is 0 Å². The number of likely N-dealkylation sites (tertiary alicyclic amines) is 1. The van der Waals surface area contributed by atoms with E-state index < -0.39 is 0 Å². The Morgan fingerprint density at radius 3 is 2.60 bits per heavy atom. The highest BCUT2D eigenvalue weighted by Crippen LogP contribution is 2.28. The molecule has 112 valence electrons. The summed E-state index contributed by atoms with van der Waals surface area (Å²) >= 11 is 0. The summed E-state index contributed by atoms with van der Waals surface area (Å²) in [6, 6.07) is 10.9. The smallest absolute Gasteiger partial charge is 0.0795 e. The summed E-state index contributed by atoms with van der Waals surface area (Å²) in [5.41, 5.74) is 0.794. The van der Waals surface area contributed by atoms with E-state index >= 15 is 0 Å². The lowest BCUT2D eigenvalue weighted by Gasteiger charge is -2.44. The molecule has 0 saturated carbocycles. The topological polar surface area (TPSA) is 35.5 Å². The maximum absolute atomic E-state index is 10.0. The molecule has 1 fully saturated rings. The van der Waals surface area contributed by atoms with Crippen molar-refractivity contribution in [2.45, 2.75) is 38.3 Å².